The quantitative estimate of drug-likeness (QED) is 0.869. The van der Waals surface area contributed by atoms with Crippen LogP contribution in [0.4, 0.5) is 4.39 Å². The van der Waals surface area contributed by atoms with E-state index in [4.69, 9.17) is 0 Å². The molecule has 21 heavy (non-hydrogen) atoms. The lowest BCUT2D eigenvalue weighted by atomic mass is 10.3. The molecular formula is C13H17ClFN5O. The van der Waals surface area contributed by atoms with E-state index in [2.05, 4.69) is 20.8 Å². The molecule has 0 saturated carbocycles. The summed E-state index contributed by atoms with van der Waals surface area (Å²) in [5, 5.41) is 13.8. The van der Waals surface area contributed by atoms with Crippen LogP contribution in [-0.2, 0) is 0 Å². The van der Waals surface area contributed by atoms with Crippen LogP contribution in [0, 0.1) is 5.82 Å². The van der Waals surface area contributed by atoms with Gasteiger partial charge in [-0.2, -0.15) is 9.90 Å². The van der Waals surface area contributed by atoms with Crippen molar-refractivity contribution in [2.24, 2.45) is 0 Å². The lowest BCUT2D eigenvalue weighted by molar-refractivity contribution is 0.0945. The highest BCUT2D eigenvalue weighted by molar-refractivity contribution is 5.91. The molecule has 1 amide bonds. The van der Waals surface area contributed by atoms with Crippen molar-refractivity contribution >= 4 is 18.3 Å². The Morgan fingerprint density at radius 3 is 2.67 bits per heavy atom. The minimum Gasteiger partial charge on any atom is -0.349 e. The first-order valence-electron chi connectivity index (χ1n) is 6.24. The van der Waals surface area contributed by atoms with Gasteiger partial charge in [0.15, 0.2) is 5.69 Å². The minimum absolute atomic E-state index is 0. The first-order valence-corrected chi connectivity index (χ1v) is 6.24. The maximum absolute atomic E-state index is 12.8. The van der Waals surface area contributed by atoms with Gasteiger partial charge in [-0.25, -0.2) is 4.39 Å². The summed E-state index contributed by atoms with van der Waals surface area (Å²) < 4.78 is 12.8. The molecule has 0 saturated heterocycles. The van der Waals surface area contributed by atoms with Crippen LogP contribution in [0.25, 0.3) is 5.69 Å². The van der Waals surface area contributed by atoms with Crippen molar-refractivity contribution in [1.82, 2.24) is 25.6 Å². The molecule has 2 rings (SSSR count). The second kappa shape index (κ2) is 7.70. The van der Waals surface area contributed by atoms with Crippen LogP contribution in [0.5, 0.6) is 0 Å². The zero-order chi connectivity index (χ0) is 14.5. The maximum Gasteiger partial charge on any atom is 0.273 e. The number of nitrogens with zero attached hydrogens (tertiary/aromatic N) is 3. The van der Waals surface area contributed by atoms with Crippen molar-refractivity contribution in [2.45, 2.75) is 13.0 Å². The van der Waals surface area contributed by atoms with Crippen molar-refractivity contribution in [3.05, 3.63) is 42.0 Å². The smallest absolute Gasteiger partial charge is 0.273 e. The zero-order valence-corrected chi connectivity index (χ0v) is 12.5. The molecule has 1 atom stereocenters. The number of aromatic nitrogens is 3. The maximum atomic E-state index is 12.8. The molecule has 1 aromatic heterocycles. The number of rotatable bonds is 5. The molecule has 6 nitrogen and oxygen atoms in total. The SMILES string of the molecule is CNC(C)CNC(=O)c1cnn(-c2ccc(F)cc2)n1.Cl. The van der Waals surface area contributed by atoms with Crippen LogP contribution >= 0.6 is 12.4 Å². The summed E-state index contributed by atoms with van der Waals surface area (Å²) in [6, 6.07) is 5.88. The van der Waals surface area contributed by atoms with Crippen LogP contribution in [0.3, 0.4) is 0 Å². The van der Waals surface area contributed by atoms with E-state index in [1.807, 2.05) is 14.0 Å². The third-order valence-electron chi connectivity index (χ3n) is 2.84. The van der Waals surface area contributed by atoms with Gasteiger partial charge in [-0.15, -0.1) is 17.5 Å². The van der Waals surface area contributed by atoms with E-state index >= 15 is 0 Å². The van der Waals surface area contributed by atoms with E-state index in [1.165, 1.54) is 23.1 Å². The predicted molar refractivity (Wildman–Crippen MR) is 79.4 cm³/mol. The van der Waals surface area contributed by atoms with Gasteiger partial charge in [-0.05, 0) is 38.2 Å². The van der Waals surface area contributed by atoms with Crippen molar-refractivity contribution in [2.75, 3.05) is 13.6 Å². The standard InChI is InChI=1S/C13H16FN5O.ClH/c1-9(15-2)7-16-13(20)12-8-17-19(18-12)11-5-3-10(14)4-6-11;/h3-6,8-9,15H,7H2,1-2H3,(H,16,20);1H. The molecule has 1 aromatic carbocycles. The molecule has 1 heterocycles. The summed E-state index contributed by atoms with van der Waals surface area (Å²) in [6.07, 6.45) is 1.38. The summed E-state index contributed by atoms with van der Waals surface area (Å²) in [7, 11) is 1.82. The summed E-state index contributed by atoms with van der Waals surface area (Å²) in [6.45, 7) is 2.45. The minimum atomic E-state index is -0.333. The van der Waals surface area contributed by atoms with E-state index in [1.54, 1.807) is 12.1 Å². The molecule has 0 aliphatic rings. The highest BCUT2D eigenvalue weighted by Crippen LogP contribution is 2.06. The second-order valence-electron chi connectivity index (χ2n) is 4.40. The Hall–Kier alpha value is -1.99. The van der Waals surface area contributed by atoms with Crippen molar-refractivity contribution in [1.29, 1.82) is 0 Å². The van der Waals surface area contributed by atoms with Crippen LogP contribution < -0.4 is 10.6 Å². The Morgan fingerprint density at radius 1 is 1.38 bits per heavy atom. The molecule has 8 heteroatoms. The topological polar surface area (TPSA) is 71.8 Å². The number of likely N-dealkylation sites (N-methyl/N-ethyl adjacent to an activating group) is 1. The first-order chi connectivity index (χ1) is 9.60. The van der Waals surface area contributed by atoms with Crippen LogP contribution in [0.15, 0.2) is 30.5 Å². The molecule has 0 radical (unpaired) electrons. The average Bonchev–Trinajstić information content (AvgIpc) is 2.95. The highest BCUT2D eigenvalue weighted by Gasteiger charge is 2.12. The Kier molecular flexibility index (Phi) is 6.26. The summed E-state index contributed by atoms with van der Waals surface area (Å²) in [5.41, 5.74) is 0.812. The second-order valence-corrected chi connectivity index (χ2v) is 4.40. The van der Waals surface area contributed by atoms with Crippen LogP contribution in [0.1, 0.15) is 17.4 Å². The van der Waals surface area contributed by atoms with E-state index in [-0.39, 0.29) is 35.9 Å². The molecule has 2 aromatic rings. The van der Waals surface area contributed by atoms with E-state index in [0.29, 0.717) is 12.2 Å². The molecular weight excluding hydrogens is 297 g/mol. The first kappa shape index (κ1) is 17.1. The van der Waals surface area contributed by atoms with Gasteiger partial charge >= 0.3 is 0 Å². The zero-order valence-electron chi connectivity index (χ0n) is 11.7. The van der Waals surface area contributed by atoms with Crippen molar-refractivity contribution in [3.8, 4) is 5.69 Å². The Morgan fingerprint density at radius 2 is 2.05 bits per heavy atom. The number of hydrogen-bond acceptors (Lipinski definition) is 4. The molecule has 0 aliphatic heterocycles. The highest BCUT2D eigenvalue weighted by atomic mass is 35.5. The summed E-state index contributed by atoms with van der Waals surface area (Å²) >= 11 is 0. The monoisotopic (exact) mass is 313 g/mol. The van der Waals surface area contributed by atoms with Gasteiger partial charge in [0.1, 0.15) is 5.82 Å². The predicted octanol–water partition coefficient (Wildman–Crippen LogP) is 1.17. The van der Waals surface area contributed by atoms with Gasteiger partial charge in [0.25, 0.3) is 5.91 Å². The largest absolute Gasteiger partial charge is 0.349 e. The summed E-state index contributed by atoms with van der Waals surface area (Å²) in [4.78, 5) is 13.1. The van der Waals surface area contributed by atoms with Gasteiger partial charge in [0.2, 0.25) is 0 Å². The third kappa shape index (κ3) is 4.51. The Balaban J connectivity index is 0.00000220. The fourth-order valence-corrected chi connectivity index (χ4v) is 1.50. The number of nitrogens with one attached hydrogen (secondary N) is 2. The van der Waals surface area contributed by atoms with Gasteiger partial charge < -0.3 is 10.6 Å². The Bertz CT molecular complexity index is 587. The molecule has 0 bridgehead atoms. The molecule has 0 spiro atoms. The number of amides is 1. The van der Waals surface area contributed by atoms with Gasteiger partial charge in [-0.1, -0.05) is 0 Å². The van der Waals surface area contributed by atoms with Crippen molar-refractivity contribution < 1.29 is 9.18 Å². The molecule has 1 unspecified atom stereocenters. The molecule has 0 fully saturated rings. The number of carbonyl (C=O) groups is 1. The Labute approximate surface area is 128 Å². The van der Waals surface area contributed by atoms with E-state index < -0.39 is 0 Å². The number of benzene rings is 1. The number of carbonyl (C=O) groups excluding carboxylic acids is 1. The lowest BCUT2D eigenvalue weighted by Gasteiger charge is -2.09. The normalized spacial score (nSPS) is 11.6. The fourth-order valence-electron chi connectivity index (χ4n) is 1.50. The fraction of sp³-hybridized carbons (Fsp3) is 0.308. The van der Waals surface area contributed by atoms with Crippen LogP contribution in [-0.4, -0.2) is 40.5 Å². The number of hydrogen-bond donors (Lipinski definition) is 2. The lowest BCUT2D eigenvalue weighted by Crippen LogP contribution is -2.37. The van der Waals surface area contributed by atoms with Crippen LogP contribution in [0.2, 0.25) is 0 Å². The van der Waals surface area contributed by atoms with Gasteiger partial charge in [0, 0.05) is 12.6 Å². The van der Waals surface area contributed by atoms with Gasteiger partial charge in [0.05, 0.1) is 11.9 Å². The number of halogens is 2. The van der Waals surface area contributed by atoms with E-state index in [9.17, 15) is 9.18 Å². The van der Waals surface area contributed by atoms with Gasteiger partial charge in [-0.3, -0.25) is 4.79 Å². The molecule has 114 valence electrons. The van der Waals surface area contributed by atoms with E-state index in [0.717, 1.165) is 0 Å². The molecule has 0 aliphatic carbocycles. The summed E-state index contributed by atoms with van der Waals surface area (Å²) in [5.74, 6) is -0.625. The third-order valence-corrected chi connectivity index (χ3v) is 2.84. The average molecular weight is 314 g/mol. The molecule has 2 N–H and O–H groups in total. The van der Waals surface area contributed by atoms with Crippen molar-refractivity contribution in [3.63, 3.8) is 0 Å².